The van der Waals surface area contributed by atoms with Crippen LogP contribution in [0.1, 0.15) is 28.3 Å². The Morgan fingerprint density at radius 3 is 2.29 bits per heavy atom. The van der Waals surface area contributed by atoms with E-state index in [0.29, 0.717) is 5.69 Å². The second-order valence-electron chi connectivity index (χ2n) is 5.15. The van der Waals surface area contributed by atoms with Gasteiger partial charge in [0.15, 0.2) is 0 Å². The van der Waals surface area contributed by atoms with Crippen LogP contribution in [0.5, 0.6) is 0 Å². The molecule has 1 heterocycles. The monoisotopic (exact) mass is 324 g/mol. The van der Waals surface area contributed by atoms with Crippen molar-refractivity contribution in [3.8, 4) is 0 Å². The van der Waals surface area contributed by atoms with E-state index in [2.05, 4.69) is 36.9 Å². The van der Waals surface area contributed by atoms with Gasteiger partial charge in [0.2, 0.25) is 10.0 Å². The fraction of sp³-hybridized carbons (Fsp3) is 0.333. The quantitative estimate of drug-likeness (QED) is 0.876. The Kier molecular flexibility index (Phi) is 4.58. The van der Waals surface area contributed by atoms with Crippen molar-refractivity contribution < 1.29 is 8.42 Å². The zero-order valence-corrected chi connectivity index (χ0v) is 14.2. The molecule has 0 fully saturated rings. The molecule has 6 heteroatoms. The highest BCUT2D eigenvalue weighted by molar-refractivity contribution is 7.92. The van der Waals surface area contributed by atoms with Crippen molar-refractivity contribution in [2.24, 2.45) is 0 Å². The molecule has 0 radical (unpaired) electrons. The van der Waals surface area contributed by atoms with Gasteiger partial charge in [-0.15, -0.1) is 11.3 Å². The Balaban J connectivity index is 2.25. The fourth-order valence-electron chi connectivity index (χ4n) is 2.29. The summed E-state index contributed by atoms with van der Waals surface area (Å²) < 4.78 is 25.4. The molecular formula is C15H20N2O2S2. The van der Waals surface area contributed by atoms with E-state index in [9.17, 15) is 8.42 Å². The van der Waals surface area contributed by atoms with Gasteiger partial charge in [0, 0.05) is 15.8 Å². The van der Waals surface area contributed by atoms with Crippen LogP contribution in [0.2, 0.25) is 0 Å². The maximum Gasteiger partial charge on any atom is 0.229 e. The highest BCUT2D eigenvalue weighted by atomic mass is 32.2. The van der Waals surface area contributed by atoms with Crippen LogP contribution < -0.4 is 10.0 Å². The van der Waals surface area contributed by atoms with Crippen LogP contribution in [0.25, 0.3) is 0 Å². The minimum atomic E-state index is -3.29. The lowest BCUT2D eigenvalue weighted by atomic mass is 10.1. The molecule has 1 aromatic carbocycles. The molecule has 0 bridgehead atoms. The number of rotatable bonds is 5. The summed E-state index contributed by atoms with van der Waals surface area (Å²) in [6.45, 7) is 6.27. The van der Waals surface area contributed by atoms with E-state index in [-0.39, 0.29) is 6.04 Å². The molecule has 1 atom stereocenters. The molecule has 0 aliphatic heterocycles. The van der Waals surface area contributed by atoms with E-state index >= 15 is 0 Å². The summed E-state index contributed by atoms with van der Waals surface area (Å²) in [6, 6.07) is 9.60. The Bertz CT molecular complexity index is 736. The molecule has 0 amide bonds. The topological polar surface area (TPSA) is 58.2 Å². The van der Waals surface area contributed by atoms with Crippen LogP contribution in [0.3, 0.4) is 0 Å². The van der Waals surface area contributed by atoms with Gasteiger partial charge >= 0.3 is 0 Å². The third-order valence-corrected chi connectivity index (χ3v) is 4.71. The average Bonchev–Trinajstić information content (AvgIpc) is 2.69. The van der Waals surface area contributed by atoms with E-state index in [0.717, 1.165) is 11.9 Å². The van der Waals surface area contributed by atoms with Gasteiger partial charge in [-0.05, 0) is 44.5 Å². The largest absolute Gasteiger partial charge is 0.377 e. The average molecular weight is 324 g/mol. The van der Waals surface area contributed by atoms with Crippen LogP contribution in [0.4, 0.5) is 11.4 Å². The van der Waals surface area contributed by atoms with Crippen LogP contribution in [0.15, 0.2) is 30.3 Å². The van der Waals surface area contributed by atoms with Crippen molar-refractivity contribution in [1.29, 1.82) is 0 Å². The molecule has 0 aliphatic rings. The van der Waals surface area contributed by atoms with Crippen molar-refractivity contribution in [2.45, 2.75) is 26.8 Å². The predicted molar refractivity (Wildman–Crippen MR) is 90.7 cm³/mol. The van der Waals surface area contributed by atoms with Gasteiger partial charge in [0.25, 0.3) is 0 Å². The molecule has 0 saturated carbocycles. The first kappa shape index (κ1) is 15.9. The zero-order valence-electron chi connectivity index (χ0n) is 12.6. The zero-order chi connectivity index (χ0) is 15.6. The third kappa shape index (κ3) is 4.22. The maximum atomic E-state index is 11.4. The van der Waals surface area contributed by atoms with Crippen LogP contribution >= 0.6 is 11.3 Å². The summed E-state index contributed by atoms with van der Waals surface area (Å²) in [6.07, 6.45) is 1.15. The number of benzene rings is 1. The number of thiophene rings is 1. The molecule has 0 aliphatic carbocycles. The van der Waals surface area contributed by atoms with Gasteiger partial charge < -0.3 is 5.32 Å². The molecule has 1 aromatic heterocycles. The van der Waals surface area contributed by atoms with Crippen LogP contribution in [-0.2, 0) is 10.0 Å². The predicted octanol–water partition coefficient (Wildman–Crippen LogP) is 3.91. The van der Waals surface area contributed by atoms with Gasteiger partial charge in [-0.25, -0.2) is 8.42 Å². The second-order valence-corrected chi connectivity index (χ2v) is 8.36. The first-order valence-corrected chi connectivity index (χ1v) is 9.37. The normalized spacial score (nSPS) is 13.0. The number of hydrogen-bond acceptors (Lipinski definition) is 4. The van der Waals surface area contributed by atoms with Crippen molar-refractivity contribution in [1.82, 2.24) is 0 Å². The molecule has 21 heavy (non-hydrogen) atoms. The lowest BCUT2D eigenvalue weighted by molar-refractivity contribution is 0.607. The fourth-order valence-corrected chi connectivity index (χ4v) is 3.89. The number of nitrogens with one attached hydrogen (secondary N) is 2. The third-order valence-electron chi connectivity index (χ3n) is 3.14. The Hall–Kier alpha value is -1.53. The molecule has 0 spiro atoms. The molecule has 114 valence electrons. The van der Waals surface area contributed by atoms with E-state index in [4.69, 9.17) is 0 Å². The van der Waals surface area contributed by atoms with Gasteiger partial charge in [0.05, 0.1) is 17.6 Å². The number of para-hydroxylation sites is 2. The minimum absolute atomic E-state index is 0.109. The highest BCUT2D eigenvalue weighted by Gasteiger charge is 2.13. The second kappa shape index (κ2) is 6.07. The molecule has 2 aromatic rings. The van der Waals surface area contributed by atoms with E-state index in [1.54, 1.807) is 17.4 Å². The van der Waals surface area contributed by atoms with Gasteiger partial charge in [-0.3, -0.25) is 4.72 Å². The number of hydrogen-bond donors (Lipinski definition) is 2. The molecule has 2 N–H and O–H groups in total. The maximum absolute atomic E-state index is 11.4. The van der Waals surface area contributed by atoms with Gasteiger partial charge in [-0.1, -0.05) is 12.1 Å². The van der Waals surface area contributed by atoms with Gasteiger partial charge in [-0.2, -0.15) is 0 Å². The number of aryl methyl sites for hydroxylation is 2. The van der Waals surface area contributed by atoms with Crippen molar-refractivity contribution in [3.63, 3.8) is 0 Å². The summed E-state index contributed by atoms with van der Waals surface area (Å²) in [5, 5.41) is 3.38. The van der Waals surface area contributed by atoms with Crippen LogP contribution in [0, 0.1) is 13.8 Å². The Morgan fingerprint density at radius 1 is 1.14 bits per heavy atom. The van der Waals surface area contributed by atoms with Crippen LogP contribution in [-0.4, -0.2) is 14.7 Å². The smallest absolute Gasteiger partial charge is 0.229 e. The molecule has 4 nitrogen and oxygen atoms in total. The van der Waals surface area contributed by atoms with Crippen molar-refractivity contribution in [3.05, 3.63) is 45.6 Å². The standard InChI is InChI=1S/C15H20N2O2S2/c1-10-9-13(12(3)20-10)11(2)16-14-7-5-6-8-15(14)17-21(4,18)19/h5-9,11,16-17H,1-4H3. The first-order valence-electron chi connectivity index (χ1n) is 6.66. The molecular weight excluding hydrogens is 304 g/mol. The van der Waals surface area contributed by atoms with E-state index in [1.807, 2.05) is 18.2 Å². The Morgan fingerprint density at radius 2 is 1.76 bits per heavy atom. The number of sulfonamides is 1. The summed E-state index contributed by atoms with van der Waals surface area (Å²) in [5.41, 5.74) is 2.58. The van der Waals surface area contributed by atoms with Gasteiger partial charge in [0.1, 0.15) is 0 Å². The minimum Gasteiger partial charge on any atom is -0.377 e. The highest BCUT2D eigenvalue weighted by Crippen LogP contribution is 2.31. The molecule has 1 unspecified atom stereocenters. The summed E-state index contributed by atoms with van der Waals surface area (Å²) in [7, 11) is -3.29. The van der Waals surface area contributed by atoms with E-state index < -0.39 is 10.0 Å². The molecule has 0 saturated heterocycles. The first-order chi connectivity index (χ1) is 9.76. The summed E-state index contributed by atoms with van der Waals surface area (Å²) in [4.78, 5) is 2.56. The van der Waals surface area contributed by atoms with E-state index in [1.165, 1.54) is 15.3 Å². The summed E-state index contributed by atoms with van der Waals surface area (Å²) in [5.74, 6) is 0. The van der Waals surface area contributed by atoms with Crippen molar-refractivity contribution in [2.75, 3.05) is 16.3 Å². The lowest BCUT2D eigenvalue weighted by Crippen LogP contribution is -2.13. The number of anilines is 2. The Labute approximate surface area is 130 Å². The summed E-state index contributed by atoms with van der Waals surface area (Å²) >= 11 is 1.77. The SMILES string of the molecule is Cc1cc(C(C)Nc2ccccc2NS(C)(=O)=O)c(C)s1. The molecule has 2 rings (SSSR count). The lowest BCUT2D eigenvalue weighted by Gasteiger charge is -2.18. The van der Waals surface area contributed by atoms with Crippen molar-refractivity contribution >= 4 is 32.7 Å².